The number of nitrogens with zero attached hydrogens (tertiary/aromatic N) is 1. The van der Waals surface area contributed by atoms with Crippen LogP contribution in [0.3, 0.4) is 0 Å². The van der Waals surface area contributed by atoms with Crippen molar-refractivity contribution in [2.45, 2.75) is 9.79 Å². The molecule has 138 valence electrons. The molecular weight excluding hydrogens is 372 g/mol. The summed E-state index contributed by atoms with van der Waals surface area (Å²) >= 11 is 1.53. The summed E-state index contributed by atoms with van der Waals surface area (Å²) in [5.74, 6) is 0.975. The third kappa shape index (κ3) is 3.95. The Kier molecular flexibility index (Phi) is 5.18. The van der Waals surface area contributed by atoms with Gasteiger partial charge in [0.25, 0.3) is 5.91 Å². The van der Waals surface area contributed by atoms with E-state index in [9.17, 15) is 4.79 Å². The molecule has 0 saturated carbocycles. The van der Waals surface area contributed by atoms with Gasteiger partial charge in [-0.3, -0.25) is 4.79 Å². The third-order valence-electron chi connectivity index (χ3n) is 4.12. The average molecular weight is 388 g/mol. The minimum atomic E-state index is -0.288. The zero-order valence-corrected chi connectivity index (χ0v) is 15.7. The van der Waals surface area contributed by atoms with Crippen molar-refractivity contribution in [2.75, 3.05) is 18.5 Å². The summed E-state index contributed by atoms with van der Waals surface area (Å²) in [5, 5.41) is 12.0. The summed E-state index contributed by atoms with van der Waals surface area (Å²) in [7, 11) is 0. The number of amides is 1. The molecule has 28 heavy (non-hydrogen) atoms. The van der Waals surface area contributed by atoms with Crippen LogP contribution in [0.1, 0.15) is 15.9 Å². The van der Waals surface area contributed by atoms with Gasteiger partial charge >= 0.3 is 0 Å². The second kappa shape index (κ2) is 8.07. The van der Waals surface area contributed by atoms with Crippen LogP contribution in [0, 0.1) is 11.3 Å². The molecule has 0 atom stereocenters. The number of carbonyl (C=O) groups is 1. The zero-order chi connectivity index (χ0) is 19.3. The molecule has 3 aromatic carbocycles. The van der Waals surface area contributed by atoms with Crippen molar-refractivity contribution in [3.8, 4) is 17.6 Å². The van der Waals surface area contributed by atoms with Crippen LogP contribution in [0.25, 0.3) is 0 Å². The highest BCUT2D eigenvalue weighted by atomic mass is 32.2. The maximum Gasteiger partial charge on any atom is 0.255 e. The van der Waals surface area contributed by atoms with Gasteiger partial charge in [-0.05, 0) is 30.3 Å². The van der Waals surface area contributed by atoms with E-state index >= 15 is 0 Å². The first-order valence-corrected chi connectivity index (χ1v) is 9.52. The van der Waals surface area contributed by atoms with Gasteiger partial charge in [0.05, 0.1) is 17.3 Å². The SMILES string of the molecule is N#Cc1cccc(C(=O)Nc2cc3c(cc2Sc2ccccc2)OCCO3)c1. The van der Waals surface area contributed by atoms with Gasteiger partial charge < -0.3 is 14.8 Å². The normalized spacial score (nSPS) is 12.1. The number of nitriles is 1. The highest BCUT2D eigenvalue weighted by Gasteiger charge is 2.18. The molecule has 6 heteroatoms. The second-order valence-corrected chi connectivity index (χ2v) is 7.17. The fraction of sp³-hybridized carbons (Fsp3) is 0.0909. The van der Waals surface area contributed by atoms with E-state index in [0.29, 0.717) is 41.5 Å². The molecule has 0 radical (unpaired) electrons. The summed E-state index contributed by atoms with van der Waals surface area (Å²) < 4.78 is 11.4. The number of carbonyl (C=O) groups excluding carboxylic acids is 1. The van der Waals surface area contributed by atoms with Crippen molar-refractivity contribution in [2.24, 2.45) is 0 Å². The Morgan fingerprint density at radius 1 is 0.964 bits per heavy atom. The van der Waals surface area contributed by atoms with Crippen molar-refractivity contribution in [1.29, 1.82) is 5.26 Å². The molecule has 0 fully saturated rings. The van der Waals surface area contributed by atoms with Gasteiger partial charge in [-0.15, -0.1) is 0 Å². The Labute approximate surface area is 166 Å². The lowest BCUT2D eigenvalue weighted by atomic mass is 10.1. The topological polar surface area (TPSA) is 71.4 Å². The molecule has 3 aromatic rings. The van der Waals surface area contributed by atoms with Gasteiger partial charge in [0.1, 0.15) is 13.2 Å². The Morgan fingerprint density at radius 3 is 2.46 bits per heavy atom. The van der Waals surface area contributed by atoms with Crippen LogP contribution in [0.15, 0.2) is 76.5 Å². The summed E-state index contributed by atoms with van der Waals surface area (Å²) in [5.41, 5.74) is 1.49. The van der Waals surface area contributed by atoms with Crippen molar-refractivity contribution < 1.29 is 14.3 Å². The van der Waals surface area contributed by atoms with Crippen LogP contribution >= 0.6 is 11.8 Å². The molecule has 1 N–H and O–H groups in total. The molecule has 0 spiro atoms. The predicted octanol–water partition coefficient (Wildman–Crippen LogP) is 4.73. The van der Waals surface area contributed by atoms with Crippen molar-refractivity contribution in [3.05, 3.63) is 77.9 Å². The van der Waals surface area contributed by atoms with E-state index in [1.807, 2.05) is 36.4 Å². The summed E-state index contributed by atoms with van der Waals surface area (Å²) in [4.78, 5) is 14.6. The monoisotopic (exact) mass is 388 g/mol. The molecule has 1 aliphatic heterocycles. The van der Waals surface area contributed by atoms with E-state index in [1.165, 1.54) is 11.8 Å². The highest BCUT2D eigenvalue weighted by molar-refractivity contribution is 7.99. The van der Waals surface area contributed by atoms with Crippen molar-refractivity contribution in [3.63, 3.8) is 0 Å². The highest BCUT2D eigenvalue weighted by Crippen LogP contribution is 2.42. The molecule has 4 rings (SSSR count). The van der Waals surface area contributed by atoms with E-state index < -0.39 is 0 Å². The Balaban J connectivity index is 1.67. The summed E-state index contributed by atoms with van der Waals surface area (Å²) in [6.45, 7) is 0.963. The lowest BCUT2D eigenvalue weighted by Gasteiger charge is -2.21. The standard InChI is InChI=1S/C22H16N2O3S/c23-14-15-5-4-6-16(11-15)22(25)24-18-12-19-20(27-10-9-26-19)13-21(18)28-17-7-2-1-3-8-17/h1-8,11-13H,9-10H2,(H,24,25). The fourth-order valence-corrected chi connectivity index (χ4v) is 3.73. The van der Waals surface area contributed by atoms with E-state index in [-0.39, 0.29) is 5.91 Å². The molecule has 0 aliphatic carbocycles. The first-order chi connectivity index (χ1) is 13.7. The number of hydrogen-bond donors (Lipinski definition) is 1. The predicted molar refractivity (Wildman–Crippen MR) is 107 cm³/mol. The first kappa shape index (κ1) is 18.0. The number of rotatable bonds is 4. The number of nitrogens with one attached hydrogen (secondary N) is 1. The van der Waals surface area contributed by atoms with E-state index in [2.05, 4.69) is 11.4 Å². The minimum Gasteiger partial charge on any atom is -0.486 e. The van der Waals surface area contributed by atoms with Crippen LogP contribution in [-0.4, -0.2) is 19.1 Å². The van der Waals surface area contributed by atoms with Gasteiger partial charge in [-0.2, -0.15) is 5.26 Å². The molecule has 1 amide bonds. The maximum absolute atomic E-state index is 12.8. The Bertz CT molecular complexity index is 1060. The van der Waals surface area contributed by atoms with Crippen LogP contribution in [0.4, 0.5) is 5.69 Å². The molecular formula is C22H16N2O3S. The van der Waals surface area contributed by atoms with Crippen LogP contribution < -0.4 is 14.8 Å². The average Bonchev–Trinajstić information content (AvgIpc) is 2.75. The largest absolute Gasteiger partial charge is 0.486 e. The molecule has 5 nitrogen and oxygen atoms in total. The van der Waals surface area contributed by atoms with Gasteiger partial charge in [0.2, 0.25) is 0 Å². The number of benzene rings is 3. The minimum absolute atomic E-state index is 0.288. The summed E-state index contributed by atoms with van der Waals surface area (Å²) in [6, 6.07) is 22.2. The van der Waals surface area contributed by atoms with Crippen molar-refractivity contribution >= 4 is 23.4 Å². The lowest BCUT2D eigenvalue weighted by molar-refractivity contribution is 0.102. The van der Waals surface area contributed by atoms with E-state index in [1.54, 1.807) is 30.3 Å². The first-order valence-electron chi connectivity index (χ1n) is 8.71. The van der Waals surface area contributed by atoms with Gasteiger partial charge in [0, 0.05) is 27.5 Å². The van der Waals surface area contributed by atoms with Crippen LogP contribution in [-0.2, 0) is 0 Å². The third-order valence-corrected chi connectivity index (χ3v) is 5.18. The molecule has 1 aliphatic rings. The summed E-state index contributed by atoms with van der Waals surface area (Å²) in [6.07, 6.45) is 0. The van der Waals surface area contributed by atoms with Gasteiger partial charge in [0.15, 0.2) is 11.5 Å². The van der Waals surface area contributed by atoms with Gasteiger partial charge in [-0.25, -0.2) is 0 Å². The second-order valence-electron chi connectivity index (χ2n) is 6.05. The number of ether oxygens (including phenoxy) is 2. The lowest BCUT2D eigenvalue weighted by Crippen LogP contribution is -2.17. The van der Waals surface area contributed by atoms with E-state index in [4.69, 9.17) is 14.7 Å². The smallest absolute Gasteiger partial charge is 0.255 e. The molecule has 0 aromatic heterocycles. The molecule has 1 heterocycles. The number of fused-ring (bicyclic) bond motifs is 1. The Hall–Kier alpha value is -3.43. The molecule has 0 saturated heterocycles. The molecule has 0 bridgehead atoms. The van der Waals surface area contributed by atoms with Gasteiger partial charge in [-0.1, -0.05) is 36.0 Å². The van der Waals surface area contributed by atoms with Crippen molar-refractivity contribution in [1.82, 2.24) is 0 Å². The number of hydrogen-bond acceptors (Lipinski definition) is 5. The fourth-order valence-electron chi connectivity index (χ4n) is 2.79. The Morgan fingerprint density at radius 2 is 1.71 bits per heavy atom. The molecule has 0 unspecified atom stereocenters. The van der Waals surface area contributed by atoms with Crippen LogP contribution in [0.2, 0.25) is 0 Å². The number of anilines is 1. The maximum atomic E-state index is 12.8. The quantitative estimate of drug-likeness (QED) is 0.699. The van der Waals surface area contributed by atoms with E-state index in [0.717, 1.165) is 9.79 Å². The zero-order valence-electron chi connectivity index (χ0n) is 14.8. The van der Waals surface area contributed by atoms with Crippen LogP contribution in [0.5, 0.6) is 11.5 Å².